The number of piperidine rings is 1. The van der Waals surface area contributed by atoms with Crippen LogP contribution in [0, 0.1) is 0 Å². The molecule has 0 radical (unpaired) electrons. The Morgan fingerprint density at radius 3 is 2.32 bits per heavy atom. The normalized spacial score (nSPS) is 15.9. The second kappa shape index (κ2) is 7.75. The van der Waals surface area contributed by atoms with E-state index in [1.807, 2.05) is 35.2 Å². The Bertz CT molecular complexity index is 939. The van der Waals surface area contributed by atoms with Crippen molar-refractivity contribution in [3.05, 3.63) is 66.0 Å². The Kier molecular flexibility index (Phi) is 5.17. The van der Waals surface area contributed by atoms with Gasteiger partial charge in [0.05, 0.1) is 18.2 Å². The Hall–Kier alpha value is -2.67. The first-order valence-corrected chi connectivity index (χ1v) is 9.25. The van der Waals surface area contributed by atoms with Crippen molar-refractivity contribution < 1.29 is 17.9 Å². The molecule has 0 spiro atoms. The van der Waals surface area contributed by atoms with Gasteiger partial charge in [-0.15, -0.1) is 0 Å². The van der Waals surface area contributed by atoms with Gasteiger partial charge >= 0.3 is 6.18 Å². The number of benzene rings is 2. The van der Waals surface area contributed by atoms with Gasteiger partial charge in [-0.3, -0.25) is 0 Å². The van der Waals surface area contributed by atoms with Crippen LogP contribution in [0.25, 0.3) is 10.9 Å². The molecule has 0 atom stereocenters. The molecule has 4 nitrogen and oxygen atoms in total. The SMILES string of the molecule is FC(F)(F)c1nc(N2CCC(OCc3ccccc3)CC2)c2ccccc2n1. The average molecular weight is 387 g/mol. The molecule has 0 bridgehead atoms. The number of ether oxygens (including phenoxy) is 1. The number of anilines is 1. The molecule has 146 valence electrons. The first kappa shape index (κ1) is 18.7. The van der Waals surface area contributed by atoms with Crippen molar-refractivity contribution >= 4 is 16.7 Å². The van der Waals surface area contributed by atoms with Gasteiger partial charge in [0.15, 0.2) is 0 Å². The van der Waals surface area contributed by atoms with Gasteiger partial charge < -0.3 is 9.64 Å². The molecular formula is C21H20F3N3O. The topological polar surface area (TPSA) is 38.2 Å². The van der Waals surface area contributed by atoms with Crippen LogP contribution in [0.3, 0.4) is 0 Å². The van der Waals surface area contributed by atoms with Crippen LogP contribution in [-0.2, 0) is 17.5 Å². The van der Waals surface area contributed by atoms with Gasteiger partial charge in [-0.05, 0) is 30.5 Å². The average Bonchev–Trinajstić information content (AvgIpc) is 2.72. The van der Waals surface area contributed by atoms with Crippen molar-refractivity contribution in [1.82, 2.24) is 9.97 Å². The second-order valence-corrected chi connectivity index (χ2v) is 6.87. The van der Waals surface area contributed by atoms with Gasteiger partial charge in [0.25, 0.3) is 0 Å². The van der Waals surface area contributed by atoms with Gasteiger partial charge in [0, 0.05) is 18.5 Å². The number of hydrogen-bond donors (Lipinski definition) is 0. The zero-order valence-corrected chi connectivity index (χ0v) is 15.2. The van der Waals surface area contributed by atoms with E-state index in [4.69, 9.17) is 4.74 Å². The van der Waals surface area contributed by atoms with Gasteiger partial charge in [-0.25, -0.2) is 9.97 Å². The highest BCUT2D eigenvalue weighted by atomic mass is 19.4. The van der Waals surface area contributed by atoms with E-state index in [0.29, 0.717) is 36.4 Å². The third kappa shape index (κ3) is 4.09. The van der Waals surface area contributed by atoms with Crippen LogP contribution < -0.4 is 4.90 Å². The van der Waals surface area contributed by atoms with Crippen LogP contribution in [0.5, 0.6) is 0 Å². The Morgan fingerprint density at radius 2 is 1.61 bits per heavy atom. The molecule has 3 aromatic rings. The minimum absolute atomic E-state index is 0.0895. The molecule has 0 N–H and O–H groups in total. The monoisotopic (exact) mass is 387 g/mol. The molecule has 0 saturated carbocycles. The smallest absolute Gasteiger partial charge is 0.373 e. The highest BCUT2D eigenvalue weighted by Gasteiger charge is 2.36. The lowest BCUT2D eigenvalue weighted by atomic mass is 10.1. The van der Waals surface area contributed by atoms with Crippen LogP contribution in [0.1, 0.15) is 24.2 Å². The Balaban J connectivity index is 1.49. The van der Waals surface area contributed by atoms with Gasteiger partial charge in [0.1, 0.15) is 5.82 Å². The maximum atomic E-state index is 13.2. The first-order valence-electron chi connectivity index (χ1n) is 9.25. The second-order valence-electron chi connectivity index (χ2n) is 6.87. The van der Waals surface area contributed by atoms with Crippen LogP contribution in [0.2, 0.25) is 0 Å². The Morgan fingerprint density at radius 1 is 0.929 bits per heavy atom. The highest BCUT2D eigenvalue weighted by molar-refractivity contribution is 5.89. The predicted octanol–water partition coefficient (Wildman–Crippen LogP) is 4.83. The predicted molar refractivity (Wildman–Crippen MR) is 101 cm³/mol. The summed E-state index contributed by atoms with van der Waals surface area (Å²) in [6.07, 6.45) is -3.00. The number of rotatable bonds is 4. The van der Waals surface area contributed by atoms with Crippen molar-refractivity contribution in [3.63, 3.8) is 0 Å². The van der Waals surface area contributed by atoms with Crippen LogP contribution >= 0.6 is 0 Å². The molecule has 1 aliphatic rings. The van der Waals surface area contributed by atoms with E-state index >= 15 is 0 Å². The molecule has 4 rings (SSSR count). The van der Waals surface area contributed by atoms with Gasteiger partial charge in [-0.1, -0.05) is 42.5 Å². The minimum atomic E-state index is -4.57. The molecule has 1 aliphatic heterocycles. The van der Waals surface area contributed by atoms with E-state index in [1.54, 1.807) is 24.3 Å². The summed E-state index contributed by atoms with van der Waals surface area (Å²) in [5.41, 5.74) is 1.42. The van der Waals surface area contributed by atoms with E-state index < -0.39 is 12.0 Å². The first-order chi connectivity index (χ1) is 13.5. The summed E-state index contributed by atoms with van der Waals surface area (Å²) in [6.45, 7) is 1.73. The summed E-state index contributed by atoms with van der Waals surface area (Å²) < 4.78 is 45.6. The summed E-state index contributed by atoms with van der Waals surface area (Å²) >= 11 is 0. The fourth-order valence-electron chi connectivity index (χ4n) is 3.45. The van der Waals surface area contributed by atoms with Gasteiger partial charge in [0.2, 0.25) is 5.82 Å². The van der Waals surface area contributed by atoms with E-state index in [9.17, 15) is 13.2 Å². The molecule has 1 aromatic heterocycles. The lowest BCUT2D eigenvalue weighted by Crippen LogP contribution is -2.38. The Labute approximate surface area is 161 Å². The van der Waals surface area contributed by atoms with Crippen LogP contribution in [0.4, 0.5) is 19.0 Å². The van der Waals surface area contributed by atoms with Crippen molar-refractivity contribution in [2.45, 2.75) is 31.7 Å². The number of hydrogen-bond acceptors (Lipinski definition) is 4. The van der Waals surface area contributed by atoms with Crippen LogP contribution in [0.15, 0.2) is 54.6 Å². The molecule has 1 saturated heterocycles. The molecule has 0 amide bonds. The lowest BCUT2D eigenvalue weighted by Gasteiger charge is -2.33. The number of para-hydroxylation sites is 1. The summed E-state index contributed by atoms with van der Waals surface area (Å²) in [7, 11) is 0. The molecule has 0 aliphatic carbocycles. The number of halogens is 3. The quantitative estimate of drug-likeness (QED) is 0.642. The number of aromatic nitrogens is 2. The fourth-order valence-corrected chi connectivity index (χ4v) is 3.45. The molecule has 28 heavy (non-hydrogen) atoms. The zero-order chi connectivity index (χ0) is 19.6. The van der Waals surface area contributed by atoms with E-state index in [-0.39, 0.29) is 6.10 Å². The molecule has 2 aromatic carbocycles. The van der Waals surface area contributed by atoms with Crippen molar-refractivity contribution in [2.24, 2.45) is 0 Å². The standard InChI is InChI=1S/C21H20F3N3O/c22-21(23,24)20-25-18-9-5-4-8-17(18)19(26-20)27-12-10-16(11-13-27)28-14-15-6-2-1-3-7-15/h1-9,16H,10-14H2. The van der Waals surface area contributed by atoms with Gasteiger partial charge in [-0.2, -0.15) is 13.2 Å². The number of alkyl halides is 3. The molecule has 2 heterocycles. The van der Waals surface area contributed by atoms with E-state index in [2.05, 4.69) is 9.97 Å². The lowest BCUT2D eigenvalue weighted by molar-refractivity contribution is -0.144. The van der Waals surface area contributed by atoms with E-state index in [1.165, 1.54) is 0 Å². The number of nitrogens with zero attached hydrogens (tertiary/aromatic N) is 3. The molecule has 0 unspecified atom stereocenters. The summed E-state index contributed by atoms with van der Waals surface area (Å²) in [5.74, 6) is -0.747. The van der Waals surface area contributed by atoms with Crippen molar-refractivity contribution in [3.8, 4) is 0 Å². The summed E-state index contributed by atoms with van der Waals surface area (Å²) in [4.78, 5) is 9.46. The largest absolute Gasteiger partial charge is 0.451 e. The molecule has 1 fully saturated rings. The van der Waals surface area contributed by atoms with Crippen LogP contribution in [-0.4, -0.2) is 29.2 Å². The molecule has 7 heteroatoms. The minimum Gasteiger partial charge on any atom is -0.373 e. The summed E-state index contributed by atoms with van der Waals surface area (Å²) in [5, 5.41) is 0.638. The third-order valence-corrected chi connectivity index (χ3v) is 4.91. The third-order valence-electron chi connectivity index (χ3n) is 4.91. The van der Waals surface area contributed by atoms with Crippen molar-refractivity contribution in [2.75, 3.05) is 18.0 Å². The highest BCUT2D eigenvalue weighted by Crippen LogP contribution is 2.33. The maximum absolute atomic E-state index is 13.2. The number of fused-ring (bicyclic) bond motifs is 1. The summed E-state index contributed by atoms with van der Waals surface area (Å²) in [6, 6.07) is 16.8. The van der Waals surface area contributed by atoms with E-state index in [0.717, 1.165) is 18.4 Å². The zero-order valence-electron chi connectivity index (χ0n) is 15.2. The van der Waals surface area contributed by atoms with Crippen molar-refractivity contribution in [1.29, 1.82) is 0 Å². The fraction of sp³-hybridized carbons (Fsp3) is 0.333. The molecular weight excluding hydrogens is 367 g/mol. The maximum Gasteiger partial charge on any atom is 0.451 e.